The van der Waals surface area contributed by atoms with E-state index in [1.54, 1.807) is 23.6 Å². The highest BCUT2D eigenvalue weighted by atomic mass is 79.9. The molecular weight excluding hydrogens is 528 g/mol. The molecule has 13 heteroatoms. The second-order valence-corrected chi connectivity index (χ2v) is 10.5. The minimum absolute atomic E-state index is 0.0274. The van der Waals surface area contributed by atoms with Crippen LogP contribution in [0.25, 0.3) is 11.2 Å². The van der Waals surface area contributed by atoms with Gasteiger partial charge in [-0.05, 0) is 60.3 Å². The molecule has 3 aromatic rings. The smallest absolute Gasteiger partial charge is 0.332 e. The lowest BCUT2D eigenvalue weighted by Gasteiger charge is -2.24. The van der Waals surface area contributed by atoms with Gasteiger partial charge in [0.15, 0.2) is 11.2 Å². The number of nitrogens with zero attached hydrogens (tertiary/aromatic N) is 4. The van der Waals surface area contributed by atoms with Crippen LogP contribution in [0.5, 0.6) is 0 Å². The van der Waals surface area contributed by atoms with Crippen LogP contribution in [0.2, 0.25) is 0 Å². The maximum atomic E-state index is 13.4. The number of halogens is 1. The second kappa shape index (κ2) is 9.64. The van der Waals surface area contributed by atoms with Crippen molar-refractivity contribution in [1.29, 1.82) is 0 Å². The van der Waals surface area contributed by atoms with Crippen LogP contribution in [0, 0.1) is 0 Å². The Morgan fingerprint density at radius 3 is 2.41 bits per heavy atom. The maximum Gasteiger partial charge on any atom is 0.332 e. The summed E-state index contributed by atoms with van der Waals surface area (Å²) in [6, 6.07) is 4.82. The lowest BCUT2D eigenvalue weighted by atomic mass is 10.1. The fourth-order valence-electron chi connectivity index (χ4n) is 4.20. The predicted octanol–water partition coefficient (Wildman–Crippen LogP) is 1.45. The van der Waals surface area contributed by atoms with Crippen LogP contribution in [0.15, 0.2) is 37.2 Å². The molecule has 0 unspecified atom stereocenters. The van der Waals surface area contributed by atoms with E-state index in [9.17, 15) is 18.0 Å². The molecule has 1 saturated heterocycles. The Morgan fingerprint density at radius 2 is 1.82 bits per heavy atom. The van der Waals surface area contributed by atoms with Gasteiger partial charge in [0.2, 0.25) is 16.0 Å². The largest absolute Gasteiger partial charge is 0.381 e. The number of benzene rings is 1. The summed E-state index contributed by atoms with van der Waals surface area (Å²) >= 11 is 3.28. The quantitative estimate of drug-likeness (QED) is 0.449. The number of nitrogens with two attached hydrogens (primary N) is 1. The van der Waals surface area contributed by atoms with Crippen molar-refractivity contribution in [2.45, 2.75) is 57.3 Å². The molecule has 1 fully saturated rings. The van der Waals surface area contributed by atoms with Crippen LogP contribution < -0.4 is 21.7 Å². The molecular formula is C21H27BrN6O5S. The van der Waals surface area contributed by atoms with E-state index < -0.39 is 21.3 Å². The first-order chi connectivity index (χ1) is 16.2. The topological polar surface area (TPSA) is 143 Å². The number of aromatic nitrogens is 4. The number of aryl methyl sites for hydroxylation is 1. The molecule has 0 saturated carbocycles. The molecule has 0 aliphatic carbocycles. The van der Waals surface area contributed by atoms with Crippen molar-refractivity contribution in [3.05, 3.63) is 49.1 Å². The molecule has 184 valence electrons. The van der Waals surface area contributed by atoms with Crippen LogP contribution in [-0.2, 0) is 34.4 Å². The van der Waals surface area contributed by atoms with Gasteiger partial charge in [0.1, 0.15) is 0 Å². The molecule has 0 bridgehead atoms. The Bertz CT molecular complexity index is 1450. The zero-order valence-electron chi connectivity index (χ0n) is 19.0. The Morgan fingerprint density at radius 1 is 1.15 bits per heavy atom. The van der Waals surface area contributed by atoms with Gasteiger partial charge in [-0.1, -0.05) is 6.07 Å². The number of primary sulfonamides is 1. The average molecular weight is 555 g/mol. The van der Waals surface area contributed by atoms with Gasteiger partial charge in [-0.15, -0.1) is 0 Å². The van der Waals surface area contributed by atoms with Gasteiger partial charge in [0, 0.05) is 36.8 Å². The van der Waals surface area contributed by atoms with Crippen molar-refractivity contribution < 1.29 is 13.2 Å². The normalized spacial score (nSPS) is 15.2. The van der Waals surface area contributed by atoms with Crippen molar-refractivity contribution in [2.75, 3.05) is 18.5 Å². The van der Waals surface area contributed by atoms with Gasteiger partial charge in [-0.3, -0.25) is 18.5 Å². The number of hydrogen-bond acceptors (Lipinski definition) is 7. The van der Waals surface area contributed by atoms with E-state index in [0.717, 1.165) is 18.4 Å². The summed E-state index contributed by atoms with van der Waals surface area (Å²) in [6.07, 6.45) is 1.58. The zero-order valence-corrected chi connectivity index (χ0v) is 21.4. The summed E-state index contributed by atoms with van der Waals surface area (Å²) in [5, 5.41) is 8.70. The van der Waals surface area contributed by atoms with Gasteiger partial charge in [0.05, 0.1) is 11.4 Å². The van der Waals surface area contributed by atoms with E-state index in [0.29, 0.717) is 41.3 Å². The summed E-state index contributed by atoms with van der Waals surface area (Å²) in [4.78, 5) is 30.9. The van der Waals surface area contributed by atoms with Crippen LogP contribution in [0.1, 0.15) is 32.3 Å². The van der Waals surface area contributed by atoms with Crippen molar-refractivity contribution >= 4 is 43.1 Å². The number of rotatable bonds is 7. The lowest BCUT2D eigenvalue weighted by molar-refractivity contribution is 0.0902. The Hall–Kier alpha value is -2.48. The maximum absolute atomic E-state index is 13.4. The van der Waals surface area contributed by atoms with E-state index in [1.807, 2.05) is 6.92 Å². The minimum atomic E-state index is -3.89. The molecule has 0 radical (unpaired) electrons. The standard InChI is InChI=1S/C21H27BrN6O5S/c1-3-26-18-17(19(29)27(4-2)21(26)30)28(20(25-18)24-14-7-9-33-10-8-14)12-13-5-6-16(15(22)11-13)34(23,31)32/h5-6,11,14H,3-4,7-10,12H2,1-2H3,(H,24,25)(H2,23,31,32). The monoisotopic (exact) mass is 554 g/mol. The van der Waals surface area contributed by atoms with Crippen molar-refractivity contribution in [3.63, 3.8) is 0 Å². The van der Waals surface area contributed by atoms with E-state index in [4.69, 9.17) is 9.88 Å². The molecule has 34 heavy (non-hydrogen) atoms. The average Bonchev–Trinajstić information content (AvgIpc) is 3.12. The third-order valence-corrected chi connectivity index (χ3v) is 7.83. The first-order valence-electron chi connectivity index (χ1n) is 11.0. The van der Waals surface area contributed by atoms with Crippen molar-refractivity contribution in [3.8, 4) is 0 Å². The first kappa shape index (κ1) is 24.6. The van der Waals surface area contributed by atoms with Crippen LogP contribution in [0.3, 0.4) is 0 Å². The van der Waals surface area contributed by atoms with E-state index in [1.165, 1.54) is 15.2 Å². The molecule has 0 spiro atoms. The summed E-state index contributed by atoms with van der Waals surface area (Å²) < 4.78 is 33.8. The van der Waals surface area contributed by atoms with Crippen LogP contribution in [0.4, 0.5) is 5.95 Å². The molecule has 1 aliphatic rings. The van der Waals surface area contributed by atoms with E-state index in [-0.39, 0.29) is 24.0 Å². The second-order valence-electron chi connectivity index (χ2n) is 8.11. The fourth-order valence-corrected chi connectivity index (χ4v) is 5.89. The molecule has 11 nitrogen and oxygen atoms in total. The Balaban J connectivity index is 1.90. The number of hydrogen-bond donors (Lipinski definition) is 2. The minimum Gasteiger partial charge on any atom is -0.381 e. The molecule has 1 aliphatic heterocycles. The summed E-state index contributed by atoms with van der Waals surface area (Å²) in [5.74, 6) is 0.473. The van der Waals surface area contributed by atoms with Gasteiger partial charge >= 0.3 is 5.69 Å². The predicted molar refractivity (Wildman–Crippen MR) is 132 cm³/mol. The summed E-state index contributed by atoms with van der Waals surface area (Å²) in [7, 11) is -3.89. The number of ether oxygens (including phenoxy) is 1. The molecule has 2 aromatic heterocycles. The first-order valence-corrected chi connectivity index (χ1v) is 13.4. The highest BCUT2D eigenvalue weighted by molar-refractivity contribution is 9.10. The molecule has 3 N–H and O–H groups in total. The molecule has 3 heterocycles. The highest BCUT2D eigenvalue weighted by Crippen LogP contribution is 2.25. The Labute approximate surface area is 204 Å². The van der Waals surface area contributed by atoms with E-state index in [2.05, 4.69) is 26.2 Å². The van der Waals surface area contributed by atoms with Crippen LogP contribution >= 0.6 is 15.9 Å². The van der Waals surface area contributed by atoms with Crippen molar-refractivity contribution in [1.82, 2.24) is 18.7 Å². The number of imidazole rings is 1. The van der Waals surface area contributed by atoms with E-state index >= 15 is 0 Å². The number of nitrogens with one attached hydrogen (secondary N) is 1. The fraction of sp³-hybridized carbons (Fsp3) is 0.476. The van der Waals surface area contributed by atoms with Crippen LogP contribution in [-0.4, -0.2) is 46.4 Å². The van der Waals surface area contributed by atoms with Crippen molar-refractivity contribution in [2.24, 2.45) is 5.14 Å². The lowest BCUT2D eigenvalue weighted by Crippen LogP contribution is -2.40. The van der Waals surface area contributed by atoms with Gasteiger partial charge in [-0.25, -0.2) is 18.4 Å². The van der Waals surface area contributed by atoms with Gasteiger partial charge < -0.3 is 10.1 Å². The number of anilines is 1. The molecule has 1 aromatic carbocycles. The zero-order chi connectivity index (χ0) is 24.6. The number of sulfonamides is 1. The van der Waals surface area contributed by atoms with Gasteiger partial charge in [-0.2, -0.15) is 4.98 Å². The van der Waals surface area contributed by atoms with Gasteiger partial charge in [0.25, 0.3) is 5.56 Å². The summed E-state index contributed by atoms with van der Waals surface area (Å²) in [5.41, 5.74) is 0.539. The third-order valence-electron chi connectivity index (χ3n) is 5.94. The molecule has 0 amide bonds. The highest BCUT2D eigenvalue weighted by Gasteiger charge is 2.24. The number of fused-ring (bicyclic) bond motifs is 1. The molecule has 4 rings (SSSR count). The summed E-state index contributed by atoms with van der Waals surface area (Å²) in [6.45, 7) is 5.66. The molecule has 0 atom stereocenters. The third kappa shape index (κ3) is 4.57. The Kier molecular flexibility index (Phi) is 6.99. The SMILES string of the molecule is CCn1c(=O)c2c(nc(NC3CCOCC3)n2Cc2ccc(S(N)(=O)=O)c(Br)c2)n(CC)c1=O.